The summed E-state index contributed by atoms with van der Waals surface area (Å²) in [5.74, 6) is 6.55. The standard InChI is InChI=1S/C43H46N6O6S2/c1-43(2,3)55-42(52)48-25-23-47(24-26-48)21-8-10-29-16-18-31(19-17-29)54-27-9-15-36-37(39(51)53-4)45-41(57-36)49-22-20-30-11-7-12-32(33(30)28-49)38(50)46-40-44-34-13-5-6-14-35(34)56-40/h5-7,11-14,16-19H,9,15,20-28H2,1-4H3,(H,44,46,50). The number of hydrogen-bond acceptors (Lipinski definition) is 12. The number of benzene rings is 3. The molecule has 1 saturated heterocycles. The fourth-order valence-electron chi connectivity index (χ4n) is 6.67. The number of rotatable bonds is 10. The van der Waals surface area contributed by atoms with Crippen LogP contribution >= 0.6 is 22.7 Å². The first-order chi connectivity index (χ1) is 27.5. The molecule has 14 heteroatoms. The topological polar surface area (TPSA) is 126 Å². The number of piperazine rings is 1. The summed E-state index contributed by atoms with van der Waals surface area (Å²) in [4.78, 5) is 55.0. The van der Waals surface area contributed by atoms with Crippen molar-refractivity contribution in [2.24, 2.45) is 0 Å². The third kappa shape index (κ3) is 10.1. The molecule has 1 fully saturated rings. The molecule has 0 unspecified atom stereocenters. The number of aromatic nitrogens is 2. The van der Waals surface area contributed by atoms with E-state index in [0.717, 1.165) is 62.2 Å². The van der Waals surface area contributed by atoms with E-state index in [1.165, 1.54) is 29.8 Å². The molecule has 1 N–H and O–H groups in total. The monoisotopic (exact) mass is 806 g/mol. The molecule has 2 aliphatic heterocycles. The molecule has 3 aromatic carbocycles. The van der Waals surface area contributed by atoms with E-state index >= 15 is 0 Å². The van der Waals surface area contributed by atoms with Crippen molar-refractivity contribution in [2.45, 2.75) is 52.2 Å². The van der Waals surface area contributed by atoms with Gasteiger partial charge in [0, 0.05) is 55.3 Å². The average molecular weight is 807 g/mol. The summed E-state index contributed by atoms with van der Waals surface area (Å²) in [5.41, 5.74) is 4.24. The van der Waals surface area contributed by atoms with Crippen LogP contribution in [0.4, 0.5) is 15.1 Å². The third-order valence-corrected chi connectivity index (χ3v) is 11.7. The first kappa shape index (κ1) is 39.7. The van der Waals surface area contributed by atoms with Gasteiger partial charge >= 0.3 is 12.1 Å². The summed E-state index contributed by atoms with van der Waals surface area (Å²) in [6.07, 6.45) is 1.75. The van der Waals surface area contributed by atoms with Gasteiger partial charge in [0.2, 0.25) is 0 Å². The summed E-state index contributed by atoms with van der Waals surface area (Å²) >= 11 is 2.93. The van der Waals surface area contributed by atoms with Crippen LogP contribution in [0.25, 0.3) is 10.2 Å². The minimum absolute atomic E-state index is 0.200. The molecule has 0 aliphatic carbocycles. The second-order valence-corrected chi connectivity index (χ2v) is 16.9. The Morgan fingerprint density at radius 3 is 2.46 bits per heavy atom. The second-order valence-electron chi connectivity index (χ2n) is 14.8. The van der Waals surface area contributed by atoms with E-state index < -0.39 is 11.6 Å². The lowest BCUT2D eigenvalue weighted by molar-refractivity contribution is 0.0155. The fraction of sp³-hybridized carbons (Fsp3) is 0.372. The maximum absolute atomic E-state index is 13.5. The Morgan fingerprint density at radius 2 is 1.70 bits per heavy atom. The van der Waals surface area contributed by atoms with Gasteiger partial charge in [-0.25, -0.2) is 19.6 Å². The van der Waals surface area contributed by atoms with Crippen LogP contribution in [-0.2, 0) is 28.9 Å². The van der Waals surface area contributed by atoms with Gasteiger partial charge in [-0.15, -0.1) is 11.3 Å². The number of nitrogens with zero attached hydrogens (tertiary/aromatic N) is 5. The lowest BCUT2D eigenvalue weighted by Gasteiger charge is -2.34. The molecule has 2 aliphatic rings. The number of methoxy groups -OCH3 is 1. The van der Waals surface area contributed by atoms with Crippen molar-refractivity contribution in [1.82, 2.24) is 19.8 Å². The van der Waals surface area contributed by atoms with Crippen LogP contribution in [0, 0.1) is 11.8 Å². The van der Waals surface area contributed by atoms with Crippen LogP contribution in [0.5, 0.6) is 5.75 Å². The van der Waals surface area contributed by atoms with Crippen molar-refractivity contribution in [1.29, 1.82) is 0 Å². The largest absolute Gasteiger partial charge is 0.494 e. The van der Waals surface area contributed by atoms with Crippen molar-refractivity contribution in [3.63, 3.8) is 0 Å². The van der Waals surface area contributed by atoms with Crippen molar-refractivity contribution < 1.29 is 28.6 Å². The zero-order chi connectivity index (χ0) is 39.9. The predicted molar refractivity (Wildman–Crippen MR) is 224 cm³/mol. The number of amides is 2. The number of fused-ring (bicyclic) bond motifs is 2. The first-order valence-electron chi connectivity index (χ1n) is 19.1. The van der Waals surface area contributed by atoms with E-state index in [2.05, 4.69) is 38.0 Å². The number of thiazole rings is 2. The second kappa shape index (κ2) is 17.8. The molecule has 0 saturated carbocycles. The highest BCUT2D eigenvalue weighted by Gasteiger charge is 2.28. The summed E-state index contributed by atoms with van der Waals surface area (Å²) in [7, 11) is 1.37. The molecule has 0 spiro atoms. The maximum atomic E-state index is 13.5. The fourth-order valence-corrected chi connectivity index (χ4v) is 8.65. The van der Waals surface area contributed by atoms with Crippen molar-refractivity contribution in [3.8, 4) is 17.6 Å². The Morgan fingerprint density at radius 1 is 0.912 bits per heavy atom. The lowest BCUT2D eigenvalue weighted by atomic mass is 9.94. The van der Waals surface area contributed by atoms with E-state index in [1.807, 2.05) is 81.4 Å². The van der Waals surface area contributed by atoms with Gasteiger partial charge in [-0.05, 0) is 93.6 Å². The molecule has 0 radical (unpaired) electrons. The average Bonchev–Trinajstić information content (AvgIpc) is 3.83. The van der Waals surface area contributed by atoms with E-state index in [-0.39, 0.29) is 12.0 Å². The summed E-state index contributed by atoms with van der Waals surface area (Å²) < 4.78 is 17.6. The SMILES string of the molecule is COC(=O)c1nc(N2CCc3cccc(C(=O)Nc4nc5ccccc5s4)c3C2)sc1CCCOc1ccc(C#CCN2CCN(C(=O)OC(C)(C)C)CC2)cc1. The molecule has 4 heterocycles. The molecule has 0 atom stereocenters. The number of esters is 1. The number of hydrogen-bond donors (Lipinski definition) is 1. The smallest absolute Gasteiger partial charge is 0.410 e. The van der Waals surface area contributed by atoms with Crippen LogP contribution in [0.1, 0.15) is 69.6 Å². The maximum Gasteiger partial charge on any atom is 0.410 e. The van der Waals surface area contributed by atoms with Crippen LogP contribution in [0.3, 0.4) is 0 Å². The number of nitrogens with one attached hydrogen (secondary N) is 1. The predicted octanol–water partition coefficient (Wildman–Crippen LogP) is 7.27. The molecular weight excluding hydrogens is 761 g/mol. The van der Waals surface area contributed by atoms with Crippen LogP contribution in [-0.4, -0.2) is 96.3 Å². The highest BCUT2D eigenvalue weighted by Crippen LogP contribution is 2.34. The van der Waals surface area contributed by atoms with Gasteiger partial charge in [-0.1, -0.05) is 47.4 Å². The van der Waals surface area contributed by atoms with Crippen molar-refractivity contribution >= 4 is 61.1 Å². The Bertz CT molecular complexity index is 2260. The Hall–Kier alpha value is -5.49. The van der Waals surface area contributed by atoms with Crippen molar-refractivity contribution in [3.05, 3.63) is 99.6 Å². The van der Waals surface area contributed by atoms with Crippen LogP contribution in [0.2, 0.25) is 0 Å². The van der Waals surface area contributed by atoms with Gasteiger partial charge in [0.1, 0.15) is 11.4 Å². The number of aryl methyl sites for hydroxylation is 1. The van der Waals surface area contributed by atoms with Crippen molar-refractivity contribution in [2.75, 3.05) is 63.2 Å². The summed E-state index contributed by atoms with van der Waals surface area (Å²) in [6.45, 7) is 10.7. The van der Waals surface area contributed by atoms with Crippen LogP contribution < -0.4 is 15.0 Å². The van der Waals surface area contributed by atoms with Gasteiger partial charge in [0.15, 0.2) is 16.0 Å². The van der Waals surface area contributed by atoms with Gasteiger partial charge in [0.25, 0.3) is 5.91 Å². The van der Waals surface area contributed by atoms with E-state index in [0.29, 0.717) is 68.6 Å². The minimum atomic E-state index is -0.499. The number of ether oxygens (including phenoxy) is 3. The quantitative estimate of drug-likeness (QED) is 0.0875. The molecule has 0 bridgehead atoms. The van der Waals surface area contributed by atoms with Gasteiger partial charge < -0.3 is 24.0 Å². The molecular formula is C43H46N6O6S2. The first-order valence-corrected chi connectivity index (χ1v) is 20.7. The minimum Gasteiger partial charge on any atom is -0.494 e. The van der Waals surface area contributed by atoms with E-state index in [9.17, 15) is 14.4 Å². The molecule has 5 aromatic rings. The molecule has 2 aromatic heterocycles. The highest BCUT2D eigenvalue weighted by molar-refractivity contribution is 7.22. The Labute approximate surface area is 340 Å². The molecule has 57 heavy (non-hydrogen) atoms. The zero-order valence-electron chi connectivity index (χ0n) is 32.6. The number of para-hydroxylation sites is 1. The zero-order valence-corrected chi connectivity index (χ0v) is 34.3. The lowest BCUT2D eigenvalue weighted by Crippen LogP contribution is -2.50. The van der Waals surface area contributed by atoms with Gasteiger partial charge in [0.05, 0.1) is 30.5 Å². The summed E-state index contributed by atoms with van der Waals surface area (Å²) in [5, 5.41) is 4.28. The van der Waals surface area contributed by atoms with E-state index in [4.69, 9.17) is 19.2 Å². The van der Waals surface area contributed by atoms with Crippen LogP contribution in [0.15, 0.2) is 66.7 Å². The number of anilines is 2. The summed E-state index contributed by atoms with van der Waals surface area (Å²) in [6, 6.07) is 21.4. The third-order valence-electron chi connectivity index (χ3n) is 9.60. The molecule has 7 rings (SSSR count). The highest BCUT2D eigenvalue weighted by atomic mass is 32.1. The molecule has 12 nitrogen and oxygen atoms in total. The van der Waals surface area contributed by atoms with Gasteiger partial charge in [-0.3, -0.25) is 15.0 Å². The molecule has 296 valence electrons. The molecule has 2 amide bonds. The normalized spacial score (nSPS) is 14.4. The Kier molecular flexibility index (Phi) is 12.4. The Balaban J connectivity index is 0.907. The van der Waals surface area contributed by atoms with E-state index in [1.54, 1.807) is 4.90 Å². The van der Waals surface area contributed by atoms with Gasteiger partial charge in [-0.2, -0.15) is 0 Å². The number of carbonyl (C=O) groups is 3. The number of carbonyl (C=O) groups excluding carboxylic acids is 3.